The van der Waals surface area contributed by atoms with Crippen molar-refractivity contribution in [3.05, 3.63) is 29.6 Å². The predicted octanol–water partition coefficient (Wildman–Crippen LogP) is 2.71. The van der Waals surface area contributed by atoms with Crippen LogP contribution in [-0.4, -0.2) is 13.7 Å². The summed E-state index contributed by atoms with van der Waals surface area (Å²) in [5, 5.41) is 0. The average molecular weight is 237 g/mol. The molecule has 2 nitrogen and oxygen atoms in total. The third-order valence-electron chi connectivity index (χ3n) is 4.81. The molecular formula is C14H20FNO. The minimum Gasteiger partial charge on any atom is -0.494 e. The molecule has 1 saturated carbocycles. The van der Waals surface area contributed by atoms with Crippen LogP contribution in [0.5, 0.6) is 5.75 Å². The number of hydrogen-bond acceptors (Lipinski definition) is 2. The summed E-state index contributed by atoms with van der Waals surface area (Å²) < 4.78 is 18.7. The molecule has 0 bridgehead atoms. The van der Waals surface area contributed by atoms with Gasteiger partial charge in [-0.3, -0.25) is 0 Å². The monoisotopic (exact) mass is 237 g/mol. The highest BCUT2D eigenvalue weighted by Crippen LogP contribution is 2.68. The molecule has 2 rings (SSSR count). The van der Waals surface area contributed by atoms with E-state index < -0.39 is 0 Å². The van der Waals surface area contributed by atoms with Gasteiger partial charge in [-0.15, -0.1) is 0 Å². The summed E-state index contributed by atoms with van der Waals surface area (Å²) in [7, 11) is 1.48. The van der Waals surface area contributed by atoms with Crippen molar-refractivity contribution in [2.75, 3.05) is 13.7 Å². The third-order valence-corrected chi connectivity index (χ3v) is 4.81. The van der Waals surface area contributed by atoms with Gasteiger partial charge in [-0.2, -0.15) is 0 Å². The van der Waals surface area contributed by atoms with Crippen LogP contribution in [0.3, 0.4) is 0 Å². The van der Waals surface area contributed by atoms with E-state index in [1.54, 1.807) is 12.1 Å². The molecule has 1 aromatic rings. The first-order valence-electron chi connectivity index (χ1n) is 5.93. The Labute approximate surface area is 102 Å². The predicted molar refractivity (Wildman–Crippen MR) is 66.6 cm³/mol. The molecule has 0 heterocycles. The molecule has 94 valence electrons. The van der Waals surface area contributed by atoms with Crippen molar-refractivity contribution in [2.24, 2.45) is 17.1 Å². The summed E-state index contributed by atoms with van der Waals surface area (Å²) in [5.74, 6) is 0.396. The normalized spacial score (nSPS) is 30.1. The Hall–Kier alpha value is -1.09. The van der Waals surface area contributed by atoms with Crippen molar-refractivity contribution in [2.45, 2.75) is 26.2 Å². The fraction of sp³-hybridized carbons (Fsp3) is 0.571. The largest absolute Gasteiger partial charge is 0.494 e. The van der Waals surface area contributed by atoms with Gasteiger partial charge in [0.15, 0.2) is 11.6 Å². The van der Waals surface area contributed by atoms with Gasteiger partial charge in [0.05, 0.1) is 7.11 Å². The highest BCUT2D eigenvalue weighted by Gasteiger charge is 2.67. The molecule has 0 aromatic heterocycles. The minimum atomic E-state index is -0.301. The lowest BCUT2D eigenvalue weighted by atomic mass is 9.89. The molecule has 0 aliphatic heterocycles. The lowest BCUT2D eigenvalue weighted by Gasteiger charge is -2.16. The Bertz CT molecular complexity index is 444. The Balaban J connectivity index is 2.40. The first-order valence-corrected chi connectivity index (χ1v) is 5.93. The van der Waals surface area contributed by atoms with Gasteiger partial charge in [0.2, 0.25) is 0 Å². The van der Waals surface area contributed by atoms with E-state index in [2.05, 4.69) is 20.8 Å². The van der Waals surface area contributed by atoms with Gasteiger partial charge >= 0.3 is 0 Å². The summed E-state index contributed by atoms with van der Waals surface area (Å²) in [5.41, 5.74) is 6.90. The zero-order chi connectivity index (χ0) is 12.8. The van der Waals surface area contributed by atoms with Gasteiger partial charge in [0.1, 0.15) is 0 Å². The molecule has 0 saturated heterocycles. The number of rotatable bonds is 3. The number of ether oxygens (including phenoxy) is 1. The molecule has 2 unspecified atom stereocenters. The Morgan fingerprint density at radius 1 is 1.35 bits per heavy atom. The molecule has 1 aliphatic carbocycles. The number of nitrogens with two attached hydrogens (primary N) is 1. The Kier molecular flexibility index (Phi) is 2.69. The van der Waals surface area contributed by atoms with E-state index in [9.17, 15) is 4.39 Å². The van der Waals surface area contributed by atoms with Gasteiger partial charge < -0.3 is 10.5 Å². The second-order valence-corrected chi connectivity index (χ2v) is 5.56. The fourth-order valence-electron chi connectivity index (χ4n) is 3.19. The second-order valence-electron chi connectivity index (χ2n) is 5.56. The lowest BCUT2D eigenvalue weighted by molar-refractivity contribution is 0.385. The lowest BCUT2D eigenvalue weighted by Crippen LogP contribution is -2.12. The van der Waals surface area contributed by atoms with Crippen molar-refractivity contribution < 1.29 is 9.13 Å². The van der Waals surface area contributed by atoms with E-state index in [4.69, 9.17) is 10.5 Å². The molecule has 0 radical (unpaired) electrons. The summed E-state index contributed by atoms with van der Waals surface area (Å²) in [6.45, 7) is 7.17. The van der Waals surface area contributed by atoms with Gasteiger partial charge in [-0.25, -0.2) is 4.39 Å². The Morgan fingerprint density at radius 3 is 2.41 bits per heavy atom. The van der Waals surface area contributed by atoms with Crippen LogP contribution in [0.25, 0.3) is 0 Å². The molecular weight excluding hydrogens is 217 g/mol. The molecule has 2 atom stereocenters. The molecule has 1 aromatic carbocycles. The average Bonchev–Trinajstić information content (AvgIpc) is 2.73. The molecule has 1 fully saturated rings. The van der Waals surface area contributed by atoms with E-state index in [0.29, 0.717) is 18.2 Å². The summed E-state index contributed by atoms with van der Waals surface area (Å²) in [4.78, 5) is 0. The summed E-state index contributed by atoms with van der Waals surface area (Å²) >= 11 is 0. The van der Waals surface area contributed by atoms with E-state index in [0.717, 1.165) is 5.56 Å². The zero-order valence-corrected chi connectivity index (χ0v) is 10.9. The molecule has 0 spiro atoms. The van der Waals surface area contributed by atoms with Gasteiger partial charge in [-0.05, 0) is 35.6 Å². The van der Waals surface area contributed by atoms with Crippen molar-refractivity contribution in [3.8, 4) is 5.75 Å². The van der Waals surface area contributed by atoms with Crippen LogP contribution in [0.1, 0.15) is 26.3 Å². The highest BCUT2D eigenvalue weighted by molar-refractivity contribution is 5.42. The van der Waals surface area contributed by atoms with E-state index in [1.807, 2.05) is 6.07 Å². The number of hydrogen-bond donors (Lipinski definition) is 1. The molecule has 0 amide bonds. The summed E-state index contributed by atoms with van der Waals surface area (Å²) in [6.07, 6.45) is 0. The first kappa shape index (κ1) is 12.4. The minimum absolute atomic E-state index is 0.0329. The van der Waals surface area contributed by atoms with Crippen molar-refractivity contribution in [1.29, 1.82) is 0 Å². The van der Waals surface area contributed by atoms with Gasteiger partial charge in [0, 0.05) is 5.41 Å². The third kappa shape index (κ3) is 1.48. The van der Waals surface area contributed by atoms with Crippen LogP contribution in [-0.2, 0) is 5.41 Å². The quantitative estimate of drug-likeness (QED) is 0.877. The summed E-state index contributed by atoms with van der Waals surface area (Å²) in [6, 6.07) is 5.22. The van der Waals surface area contributed by atoms with E-state index in [1.165, 1.54) is 7.11 Å². The van der Waals surface area contributed by atoms with Crippen LogP contribution < -0.4 is 10.5 Å². The number of methoxy groups -OCH3 is 1. The van der Waals surface area contributed by atoms with Crippen molar-refractivity contribution in [1.82, 2.24) is 0 Å². The number of halogens is 1. The second kappa shape index (κ2) is 3.70. The SMILES string of the molecule is COc1ccc(C2(C)C(CN)C2(C)C)cc1F. The van der Waals surface area contributed by atoms with Crippen LogP contribution in [0.4, 0.5) is 4.39 Å². The first-order chi connectivity index (χ1) is 7.89. The highest BCUT2D eigenvalue weighted by atomic mass is 19.1. The molecule has 2 N–H and O–H groups in total. The van der Waals surface area contributed by atoms with Crippen molar-refractivity contribution >= 4 is 0 Å². The van der Waals surface area contributed by atoms with Crippen LogP contribution >= 0.6 is 0 Å². The maximum atomic E-state index is 13.7. The van der Waals surface area contributed by atoms with Crippen molar-refractivity contribution in [3.63, 3.8) is 0 Å². The fourth-order valence-corrected chi connectivity index (χ4v) is 3.19. The van der Waals surface area contributed by atoms with E-state index in [-0.39, 0.29) is 16.6 Å². The molecule has 3 heteroatoms. The maximum absolute atomic E-state index is 13.7. The molecule has 17 heavy (non-hydrogen) atoms. The number of benzene rings is 1. The standard InChI is InChI=1S/C14H20FNO/c1-13(2)12(8-16)14(13,3)9-5-6-11(17-4)10(15)7-9/h5-7,12H,8,16H2,1-4H3. The smallest absolute Gasteiger partial charge is 0.165 e. The topological polar surface area (TPSA) is 35.2 Å². The maximum Gasteiger partial charge on any atom is 0.165 e. The van der Waals surface area contributed by atoms with Gasteiger partial charge in [-0.1, -0.05) is 26.8 Å². The van der Waals surface area contributed by atoms with Crippen LogP contribution in [0.15, 0.2) is 18.2 Å². The Morgan fingerprint density at radius 2 is 2.00 bits per heavy atom. The van der Waals surface area contributed by atoms with Crippen LogP contribution in [0.2, 0.25) is 0 Å². The van der Waals surface area contributed by atoms with Crippen LogP contribution in [0, 0.1) is 17.2 Å². The molecule has 1 aliphatic rings. The van der Waals surface area contributed by atoms with E-state index >= 15 is 0 Å². The zero-order valence-electron chi connectivity index (χ0n) is 10.9. The van der Waals surface area contributed by atoms with Gasteiger partial charge in [0.25, 0.3) is 0 Å².